The molecule has 0 bridgehead atoms. The maximum absolute atomic E-state index is 11.9. The van der Waals surface area contributed by atoms with Gasteiger partial charge in [0.15, 0.2) is 6.61 Å². The van der Waals surface area contributed by atoms with Crippen LogP contribution in [0.3, 0.4) is 0 Å². The largest absolute Gasteiger partial charge is 0.483 e. The summed E-state index contributed by atoms with van der Waals surface area (Å²) in [5, 5.41) is 15.1. The van der Waals surface area contributed by atoms with Crippen LogP contribution >= 0.6 is 23.2 Å². The van der Waals surface area contributed by atoms with Crippen LogP contribution in [0, 0.1) is 0 Å². The minimum absolute atomic E-state index is 0.223. The van der Waals surface area contributed by atoms with Gasteiger partial charge >= 0.3 is 0 Å². The van der Waals surface area contributed by atoms with E-state index in [0.29, 0.717) is 27.0 Å². The molecule has 0 aromatic heterocycles. The van der Waals surface area contributed by atoms with E-state index < -0.39 is 0 Å². The van der Waals surface area contributed by atoms with Crippen LogP contribution < -0.4 is 10.1 Å². The molecule has 0 fully saturated rings. The zero-order valence-corrected chi connectivity index (χ0v) is 12.8. The summed E-state index contributed by atoms with van der Waals surface area (Å²) in [5.41, 5.74) is 0.964. The number of carbonyl (C=O) groups excluding carboxylic acids is 1. The number of amides is 1. The molecular weight excluding hydrogens is 327 g/mol. The number of nitrogens with one attached hydrogen (secondary N) is 1. The lowest BCUT2D eigenvalue weighted by Gasteiger charge is -2.10. The summed E-state index contributed by atoms with van der Waals surface area (Å²) in [7, 11) is 0. The van der Waals surface area contributed by atoms with E-state index in [0.717, 1.165) is 0 Å². The van der Waals surface area contributed by atoms with Crippen molar-refractivity contribution in [1.29, 1.82) is 0 Å². The maximum atomic E-state index is 11.9. The quantitative estimate of drug-likeness (QED) is 0.494. The Bertz CT molecular complexity index is 705. The van der Waals surface area contributed by atoms with E-state index in [1.165, 1.54) is 6.21 Å². The van der Waals surface area contributed by atoms with E-state index in [4.69, 9.17) is 33.1 Å². The summed E-state index contributed by atoms with van der Waals surface area (Å²) < 4.78 is 5.40. The molecule has 2 aromatic rings. The zero-order chi connectivity index (χ0) is 15.9. The SMILES string of the molecule is O=C(COc1ccc(Cl)cc1/C=N/O)Nc1ccccc1Cl. The average Bonchev–Trinajstić information content (AvgIpc) is 2.49. The number of anilines is 1. The maximum Gasteiger partial charge on any atom is 0.262 e. The fourth-order valence-electron chi connectivity index (χ4n) is 1.71. The lowest BCUT2D eigenvalue weighted by molar-refractivity contribution is -0.118. The molecule has 22 heavy (non-hydrogen) atoms. The van der Waals surface area contributed by atoms with Gasteiger partial charge in [0.2, 0.25) is 0 Å². The molecule has 0 radical (unpaired) electrons. The van der Waals surface area contributed by atoms with Crippen LogP contribution in [0.5, 0.6) is 5.75 Å². The lowest BCUT2D eigenvalue weighted by atomic mass is 10.2. The molecule has 5 nitrogen and oxygen atoms in total. The van der Waals surface area contributed by atoms with Gasteiger partial charge in [0, 0.05) is 10.6 Å². The highest BCUT2D eigenvalue weighted by atomic mass is 35.5. The average molecular weight is 339 g/mol. The van der Waals surface area contributed by atoms with Crippen LogP contribution in [0.4, 0.5) is 5.69 Å². The number of benzene rings is 2. The summed E-state index contributed by atoms with van der Waals surface area (Å²) in [6.07, 6.45) is 1.17. The number of rotatable bonds is 5. The van der Waals surface area contributed by atoms with E-state index in [1.54, 1.807) is 42.5 Å². The Hall–Kier alpha value is -2.24. The van der Waals surface area contributed by atoms with Gasteiger partial charge in [-0.25, -0.2) is 0 Å². The summed E-state index contributed by atoms with van der Waals surface area (Å²) in [6, 6.07) is 11.6. The second-order valence-electron chi connectivity index (χ2n) is 4.24. The van der Waals surface area contributed by atoms with Crippen LogP contribution in [-0.2, 0) is 4.79 Å². The highest BCUT2D eigenvalue weighted by molar-refractivity contribution is 6.33. The standard InChI is InChI=1S/C15H12Cl2N2O3/c16-11-5-6-14(10(7-11)8-18-21)22-9-15(20)19-13-4-2-1-3-12(13)17/h1-8,21H,9H2,(H,19,20)/b18-8+. The molecule has 0 heterocycles. The Morgan fingerprint density at radius 3 is 2.77 bits per heavy atom. The van der Waals surface area contributed by atoms with Gasteiger partial charge in [-0.3, -0.25) is 4.79 Å². The van der Waals surface area contributed by atoms with E-state index in [1.807, 2.05) is 0 Å². The van der Waals surface area contributed by atoms with Crippen molar-refractivity contribution >= 4 is 41.0 Å². The molecule has 2 aromatic carbocycles. The highest BCUT2D eigenvalue weighted by Crippen LogP contribution is 2.22. The number of hydrogen-bond donors (Lipinski definition) is 2. The lowest BCUT2D eigenvalue weighted by Crippen LogP contribution is -2.20. The number of hydrogen-bond acceptors (Lipinski definition) is 4. The number of halogens is 2. The van der Waals surface area contributed by atoms with Crippen molar-refractivity contribution in [3.63, 3.8) is 0 Å². The first kappa shape index (κ1) is 16.1. The molecule has 2 rings (SSSR count). The Balaban J connectivity index is 2.01. The predicted molar refractivity (Wildman–Crippen MR) is 86.4 cm³/mol. The van der Waals surface area contributed by atoms with Gasteiger partial charge in [-0.1, -0.05) is 40.5 Å². The molecular formula is C15H12Cl2N2O3. The van der Waals surface area contributed by atoms with Crippen LogP contribution in [0.1, 0.15) is 5.56 Å². The summed E-state index contributed by atoms with van der Waals surface area (Å²) >= 11 is 11.8. The molecule has 2 N–H and O–H groups in total. The van der Waals surface area contributed by atoms with Crippen molar-refractivity contribution in [3.8, 4) is 5.75 Å². The van der Waals surface area contributed by atoms with Gasteiger partial charge in [-0.15, -0.1) is 0 Å². The first-order valence-corrected chi connectivity index (χ1v) is 7.00. The van der Waals surface area contributed by atoms with Crippen molar-refractivity contribution in [1.82, 2.24) is 0 Å². The smallest absolute Gasteiger partial charge is 0.262 e. The minimum Gasteiger partial charge on any atom is -0.483 e. The van der Waals surface area contributed by atoms with Gasteiger partial charge in [0.05, 0.1) is 16.9 Å². The number of ether oxygens (including phenoxy) is 1. The molecule has 0 unspecified atom stereocenters. The monoisotopic (exact) mass is 338 g/mol. The summed E-state index contributed by atoms with van der Waals surface area (Å²) in [5.74, 6) is 0.00597. The van der Waals surface area contributed by atoms with Gasteiger partial charge in [0.1, 0.15) is 5.75 Å². The Morgan fingerprint density at radius 1 is 1.27 bits per heavy atom. The Morgan fingerprint density at radius 2 is 2.05 bits per heavy atom. The predicted octanol–water partition coefficient (Wildman–Crippen LogP) is 3.82. The van der Waals surface area contributed by atoms with Crippen molar-refractivity contribution in [2.75, 3.05) is 11.9 Å². The second-order valence-corrected chi connectivity index (χ2v) is 5.09. The minimum atomic E-state index is -0.366. The van der Waals surface area contributed by atoms with Gasteiger partial charge in [-0.05, 0) is 30.3 Å². The van der Waals surface area contributed by atoms with Crippen molar-refractivity contribution in [2.45, 2.75) is 0 Å². The van der Waals surface area contributed by atoms with Gasteiger partial charge < -0.3 is 15.3 Å². The Kier molecular flexibility index (Phi) is 5.63. The van der Waals surface area contributed by atoms with Crippen LogP contribution in [-0.4, -0.2) is 23.9 Å². The second kappa shape index (κ2) is 7.68. The van der Waals surface area contributed by atoms with Crippen LogP contribution in [0.15, 0.2) is 47.6 Å². The molecule has 0 saturated heterocycles. The molecule has 114 valence electrons. The Labute approximate surface area is 137 Å². The summed E-state index contributed by atoms with van der Waals surface area (Å²) in [6.45, 7) is -0.223. The molecule has 7 heteroatoms. The number of oxime groups is 1. The first-order valence-electron chi connectivity index (χ1n) is 6.24. The topological polar surface area (TPSA) is 70.9 Å². The van der Waals surface area contributed by atoms with E-state index in [2.05, 4.69) is 10.5 Å². The fraction of sp³-hybridized carbons (Fsp3) is 0.0667. The fourth-order valence-corrected chi connectivity index (χ4v) is 2.07. The number of carbonyl (C=O) groups is 1. The van der Waals surface area contributed by atoms with E-state index in [-0.39, 0.29) is 12.5 Å². The first-order chi connectivity index (χ1) is 10.6. The van der Waals surface area contributed by atoms with E-state index >= 15 is 0 Å². The third-order valence-electron chi connectivity index (χ3n) is 2.68. The highest BCUT2D eigenvalue weighted by Gasteiger charge is 2.08. The molecule has 0 atom stereocenters. The van der Waals surface area contributed by atoms with Crippen LogP contribution in [0.2, 0.25) is 10.0 Å². The molecule has 0 aliphatic carbocycles. The molecule has 0 aliphatic rings. The van der Waals surface area contributed by atoms with Crippen molar-refractivity contribution < 1.29 is 14.7 Å². The van der Waals surface area contributed by atoms with Crippen molar-refractivity contribution in [3.05, 3.63) is 58.1 Å². The number of nitrogens with zero attached hydrogens (tertiary/aromatic N) is 1. The third-order valence-corrected chi connectivity index (χ3v) is 3.24. The molecule has 1 amide bonds. The zero-order valence-electron chi connectivity index (χ0n) is 11.3. The molecule has 0 saturated carbocycles. The van der Waals surface area contributed by atoms with Gasteiger partial charge in [-0.2, -0.15) is 0 Å². The molecule has 0 aliphatic heterocycles. The number of para-hydroxylation sites is 1. The van der Waals surface area contributed by atoms with Crippen molar-refractivity contribution in [2.24, 2.45) is 5.16 Å². The molecule has 0 spiro atoms. The van der Waals surface area contributed by atoms with Crippen LogP contribution in [0.25, 0.3) is 0 Å². The summed E-state index contributed by atoms with van der Waals surface area (Å²) in [4.78, 5) is 11.9. The van der Waals surface area contributed by atoms with Gasteiger partial charge in [0.25, 0.3) is 5.91 Å². The van der Waals surface area contributed by atoms with E-state index in [9.17, 15) is 4.79 Å². The normalized spacial score (nSPS) is 10.6. The third kappa shape index (κ3) is 4.38.